The van der Waals surface area contributed by atoms with E-state index >= 15 is 0 Å². The van der Waals surface area contributed by atoms with E-state index in [1.165, 1.54) is 8.96 Å². The van der Waals surface area contributed by atoms with E-state index in [4.69, 9.17) is 4.42 Å². The Kier molecular flexibility index (Phi) is 1.81. The Morgan fingerprint density at radius 2 is 2.36 bits per heavy atom. The molecule has 2 nitrogen and oxygen atoms in total. The predicted octanol–water partition coefficient (Wildman–Crippen LogP) is -1.28. The van der Waals surface area contributed by atoms with Crippen LogP contribution in [0.4, 0.5) is 0 Å². The molecule has 0 N–H and O–H groups in total. The first kappa shape index (κ1) is 7.09. The average Bonchev–Trinajstić information content (AvgIpc) is 2.50. The number of halogens is 1. The molecule has 0 aliphatic rings. The SMILES string of the molecule is C[I-]c1ccnc2occc12. The van der Waals surface area contributed by atoms with Crippen molar-refractivity contribution in [2.24, 2.45) is 0 Å². The number of rotatable bonds is 1. The van der Waals surface area contributed by atoms with Crippen LogP contribution in [0.15, 0.2) is 29.0 Å². The van der Waals surface area contributed by atoms with Gasteiger partial charge in [0.05, 0.1) is 0 Å². The quantitative estimate of drug-likeness (QED) is 0.471. The van der Waals surface area contributed by atoms with Crippen molar-refractivity contribution < 1.29 is 25.6 Å². The first-order chi connectivity index (χ1) is 5.42. The first-order valence-electron chi connectivity index (χ1n) is 3.23. The van der Waals surface area contributed by atoms with Crippen LogP contribution in [0.2, 0.25) is 0 Å². The van der Waals surface area contributed by atoms with Crippen molar-refractivity contribution in [2.45, 2.75) is 0 Å². The van der Waals surface area contributed by atoms with Gasteiger partial charge in [0.1, 0.15) is 0 Å². The van der Waals surface area contributed by atoms with Gasteiger partial charge < -0.3 is 0 Å². The van der Waals surface area contributed by atoms with Crippen molar-refractivity contribution in [3.05, 3.63) is 28.2 Å². The molecule has 2 aromatic heterocycles. The molecule has 11 heavy (non-hydrogen) atoms. The minimum absolute atomic E-state index is 0.133. The molecular formula is C8H7INO-. The zero-order valence-electron chi connectivity index (χ0n) is 6.04. The molecule has 2 rings (SSSR count). The van der Waals surface area contributed by atoms with Gasteiger partial charge in [-0.3, -0.25) is 0 Å². The second kappa shape index (κ2) is 2.81. The Morgan fingerprint density at radius 1 is 1.45 bits per heavy atom. The molecule has 0 aliphatic carbocycles. The van der Waals surface area contributed by atoms with Gasteiger partial charge in [-0.1, -0.05) is 0 Å². The molecule has 0 bridgehead atoms. The summed E-state index contributed by atoms with van der Waals surface area (Å²) in [7, 11) is 0. The molecule has 0 atom stereocenters. The van der Waals surface area contributed by atoms with Crippen LogP contribution in [0.3, 0.4) is 0 Å². The van der Waals surface area contributed by atoms with Crippen LogP contribution in [0.5, 0.6) is 0 Å². The van der Waals surface area contributed by atoms with Gasteiger partial charge in [0.2, 0.25) is 0 Å². The number of nitrogens with zero attached hydrogens (tertiary/aromatic N) is 1. The van der Waals surface area contributed by atoms with E-state index in [1.54, 1.807) is 6.26 Å². The molecule has 0 unspecified atom stereocenters. The number of pyridine rings is 1. The fourth-order valence-electron chi connectivity index (χ4n) is 1.01. The van der Waals surface area contributed by atoms with E-state index in [0.717, 1.165) is 5.71 Å². The van der Waals surface area contributed by atoms with Gasteiger partial charge in [-0.2, -0.15) is 0 Å². The van der Waals surface area contributed by atoms with E-state index in [9.17, 15) is 0 Å². The summed E-state index contributed by atoms with van der Waals surface area (Å²) in [5.74, 6) is 0. The van der Waals surface area contributed by atoms with Crippen molar-refractivity contribution in [2.75, 3.05) is 4.93 Å². The van der Waals surface area contributed by atoms with Gasteiger partial charge in [-0.05, 0) is 0 Å². The number of fused-ring (bicyclic) bond motifs is 1. The summed E-state index contributed by atoms with van der Waals surface area (Å²) in [4.78, 5) is 6.34. The summed E-state index contributed by atoms with van der Waals surface area (Å²) in [6.07, 6.45) is 3.50. The molecular weight excluding hydrogens is 253 g/mol. The Morgan fingerprint density at radius 3 is 3.18 bits per heavy atom. The van der Waals surface area contributed by atoms with Crippen LogP contribution in [0.1, 0.15) is 0 Å². The molecule has 0 amide bonds. The number of aromatic nitrogens is 1. The molecule has 58 valence electrons. The van der Waals surface area contributed by atoms with Crippen LogP contribution in [-0.2, 0) is 0 Å². The number of hydrogen-bond donors (Lipinski definition) is 0. The Hall–Kier alpha value is -0.580. The maximum absolute atomic E-state index is 5.17. The second-order valence-electron chi connectivity index (χ2n) is 2.12. The van der Waals surface area contributed by atoms with E-state index < -0.39 is 0 Å². The monoisotopic (exact) mass is 260 g/mol. The van der Waals surface area contributed by atoms with Gasteiger partial charge in [0.25, 0.3) is 0 Å². The summed E-state index contributed by atoms with van der Waals surface area (Å²) in [5, 5.41) is 1.18. The number of hydrogen-bond acceptors (Lipinski definition) is 2. The maximum atomic E-state index is 5.17. The van der Waals surface area contributed by atoms with Gasteiger partial charge >= 0.3 is 74.8 Å². The van der Waals surface area contributed by atoms with Crippen LogP contribution in [0, 0.1) is 3.57 Å². The molecule has 3 heteroatoms. The zero-order valence-corrected chi connectivity index (χ0v) is 8.20. The van der Waals surface area contributed by atoms with Crippen LogP contribution in [-0.4, -0.2) is 9.91 Å². The molecule has 2 aromatic rings. The third kappa shape index (κ3) is 1.13. The summed E-state index contributed by atoms with van der Waals surface area (Å²) < 4.78 is 6.57. The van der Waals surface area contributed by atoms with Gasteiger partial charge in [0, 0.05) is 0 Å². The third-order valence-electron chi connectivity index (χ3n) is 1.52. The molecule has 0 fully saturated rings. The van der Waals surface area contributed by atoms with Gasteiger partial charge in [-0.15, -0.1) is 0 Å². The van der Waals surface area contributed by atoms with Crippen molar-refractivity contribution in [1.29, 1.82) is 0 Å². The van der Waals surface area contributed by atoms with Crippen LogP contribution < -0.4 is 21.2 Å². The van der Waals surface area contributed by atoms with Crippen molar-refractivity contribution >= 4 is 11.1 Å². The average molecular weight is 260 g/mol. The topological polar surface area (TPSA) is 26.0 Å². The van der Waals surface area contributed by atoms with E-state index in [0.29, 0.717) is 0 Å². The van der Waals surface area contributed by atoms with Gasteiger partial charge in [0.15, 0.2) is 0 Å². The van der Waals surface area contributed by atoms with E-state index in [1.807, 2.05) is 12.3 Å². The van der Waals surface area contributed by atoms with E-state index in [-0.39, 0.29) is 21.2 Å². The third-order valence-corrected chi connectivity index (χ3v) is 3.62. The van der Waals surface area contributed by atoms with Crippen molar-refractivity contribution in [3.8, 4) is 0 Å². The van der Waals surface area contributed by atoms with Crippen molar-refractivity contribution in [1.82, 2.24) is 4.98 Å². The van der Waals surface area contributed by atoms with Crippen molar-refractivity contribution in [3.63, 3.8) is 0 Å². The predicted molar refractivity (Wildman–Crippen MR) is 38.6 cm³/mol. The number of furan rings is 1. The molecule has 0 aromatic carbocycles. The second-order valence-corrected chi connectivity index (χ2v) is 4.36. The summed E-state index contributed by atoms with van der Waals surface area (Å²) in [6, 6.07) is 4.06. The zero-order chi connectivity index (χ0) is 7.68. The molecule has 2 heterocycles. The summed E-state index contributed by atoms with van der Waals surface area (Å²) in [5.41, 5.74) is 0.768. The standard InChI is InChI=1S/C8H7INO/c1-9-7-2-4-10-8-6(7)3-5-11-8/h2-5H,1H3/q-1. The molecule has 0 radical (unpaired) electrons. The molecule has 0 aliphatic heterocycles. The van der Waals surface area contributed by atoms with Crippen LogP contribution in [0.25, 0.3) is 11.1 Å². The van der Waals surface area contributed by atoms with Crippen LogP contribution >= 0.6 is 0 Å². The summed E-state index contributed by atoms with van der Waals surface area (Å²) in [6.45, 7) is 0. The fraction of sp³-hybridized carbons (Fsp3) is 0.125. The summed E-state index contributed by atoms with van der Waals surface area (Å²) >= 11 is 0.133. The first-order valence-corrected chi connectivity index (χ1v) is 6.47. The Bertz CT molecular complexity index is 369. The molecule has 0 spiro atoms. The van der Waals surface area contributed by atoms with E-state index in [2.05, 4.69) is 16.0 Å². The molecule has 0 saturated carbocycles. The molecule has 0 saturated heterocycles. The Balaban J connectivity index is 2.79. The Labute approximate surface area is 74.9 Å². The minimum atomic E-state index is 0.133. The fourth-order valence-corrected chi connectivity index (χ4v) is 2.52. The normalized spacial score (nSPS) is 11.0. The van der Waals surface area contributed by atoms with Gasteiger partial charge in [-0.25, -0.2) is 0 Å². The number of alkyl halides is 1.